The minimum atomic E-state index is -0.420. The fraction of sp³-hybridized carbons (Fsp3) is 0.818. The average molecular weight is 212 g/mol. The summed E-state index contributed by atoms with van der Waals surface area (Å²) in [6, 6.07) is -0.0179. The molecule has 1 heterocycles. The number of rotatable bonds is 2. The fourth-order valence-corrected chi connectivity index (χ4v) is 1.74. The summed E-state index contributed by atoms with van der Waals surface area (Å²) in [5, 5.41) is 0. The van der Waals surface area contributed by atoms with Crippen LogP contribution >= 0.6 is 0 Å². The Morgan fingerprint density at radius 3 is 2.20 bits per heavy atom. The monoisotopic (exact) mass is 212 g/mol. The van der Waals surface area contributed by atoms with E-state index in [9.17, 15) is 9.59 Å². The van der Waals surface area contributed by atoms with E-state index in [1.807, 2.05) is 34.6 Å². The average Bonchev–Trinajstić information content (AvgIpc) is 2.39. The van der Waals surface area contributed by atoms with Crippen molar-refractivity contribution >= 4 is 11.9 Å². The molecule has 4 nitrogen and oxygen atoms in total. The van der Waals surface area contributed by atoms with Crippen LogP contribution in [0.3, 0.4) is 0 Å². The first-order valence-electron chi connectivity index (χ1n) is 5.42. The fourth-order valence-electron chi connectivity index (χ4n) is 1.74. The molecule has 1 rings (SSSR count). The van der Waals surface area contributed by atoms with Crippen molar-refractivity contribution in [1.29, 1.82) is 0 Å². The van der Waals surface area contributed by atoms with Gasteiger partial charge in [-0.3, -0.25) is 9.69 Å². The molecule has 1 fully saturated rings. The Morgan fingerprint density at radius 1 is 1.33 bits per heavy atom. The summed E-state index contributed by atoms with van der Waals surface area (Å²) in [6.45, 7) is 9.85. The maximum Gasteiger partial charge on any atom is 0.327 e. The molecule has 0 aromatic rings. The lowest BCUT2D eigenvalue weighted by Gasteiger charge is -2.30. The van der Waals surface area contributed by atoms with Crippen molar-refractivity contribution < 1.29 is 9.59 Å². The van der Waals surface area contributed by atoms with Gasteiger partial charge in [0.05, 0.1) is 0 Å². The second-order valence-electron chi connectivity index (χ2n) is 5.07. The largest absolute Gasteiger partial charge is 0.327 e. The standard InChI is InChI=1S/C11H20N2O2/c1-6-8(2)12-7-9(14)13(10(12)15)11(3,4)5/h8H,6-7H2,1-5H3. The zero-order chi connectivity index (χ0) is 11.8. The van der Waals surface area contributed by atoms with Gasteiger partial charge in [-0.05, 0) is 34.1 Å². The summed E-state index contributed by atoms with van der Waals surface area (Å²) in [7, 11) is 0. The van der Waals surface area contributed by atoms with Gasteiger partial charge in [0.1, 0.15) is 6.54 Å². The maximum atomic E-state index is 12.0. The van der Waals surface area contributed by atoms with Crippen LogP contribution in [-0.2, 0) is 4.79 Å². The molecule has 3 amide bonds. The Bertz CT molecular complexity index is 281. The molecule has 0 N–H and O–H groups in total. The molecule has 1 unspecified atom stereocenters. The van der Waals surface area contributed by atoms with Gasteiger partial charge in [-0.1, -0.05) is 6.92 Å². The number of nitrogens with zero attached hydrogens (tertiary/aromatic N) is 2. The smallest absolute Gasteiger partial charge is 0.312 e. The normalized spacial score (nSPS) is 20.1. The van der Waals surface area contributed by atoms with Crippen LogP contribution in [0.1, 0.15) is 41.0 Å². The minimum Gasteiger partial charge on any atom is -0.312 e. The van der Waals surface area contributed by atoms with Gasteiger partial charge >= 0.3 is 6.03 Å². The molecule has 0 aromatic carbocycles. The van der Waals surface area contributed by atoms with Gasteiger partial charge < -0.3 is 4.90 Å². The molecule has 86 valence electrons. The molecular formula is C11H20N2O2. The number of hydrogen-bond acceptors (Lipinski definition) is 2. The van der Waals surface area contributed by atoms with E-state index < -0.39 is 5.54 Å². The molecule has 1 aliphatic heterocycles. The predicted octanol–water partition coefficient (Wildman–Crippen LogP) is 1.85. The zero-order valence-electron chi connectivity index (χ0n) is 10.2. The molecule has 0 bridgehead atoms. The second kappa shape index (κ2) is 3.83. The molecule has 1 saturated heterocycles. The van der Waals surface area contributed by atoms with Crippen LogP contribution < -0.4 is 0 Å². The number of carbonyl (C=O) groups is 2. The van der Waals surface area contributed by atoms with Crippen molar-refractivity contribution in [3.8, 4) is 0 Å². The Kier molecular flexibility index (Phi) is 3.07. The van der Waals surface area contributed by atoms with Gasteiger partial charge in [-0.15, -0.1) is 0 Å². The Hall–Kier alpha value is -1.06. The van der Waals surface area contributed by atoms with Crippen LogP contribution in [0.15, 0.2) is 0 Å². The predicted molar refractivity (Wildman–Crippen MR) is 58.5 cm³/mol. The van der Waals surface area contributed by atoms with Crippen LogP contribution in [-0.4, -0.2) is 39.9 Å². The first-order chi connectivity index (χ1) is 6.79. The Balaban J connectivity index is 2.89. The number of amides is 3. The van der Waals surface area contributed by atoms with Gasteiger partial charge in [0.25, 0.3) is 5.91 Å². The SMILES string of the molecule is CCC(C)N1CC(=O)N(C(C)(C)C)C1=O. The van der Waals surface area contributed by atoms with Crippen molar-refractivity contribution in [3.05, 3.63) is 0 Å². The van der Waals surface area contributed by atoms with Gasteiger partial charge in [0, 0.05) is 11.6 Å². The van der Waals surface area contributed by atoms with Crippen LogP contribution in [0.4, 0.5) is 4.79 Å². The summed E-state index contributed by atoms with van der Waals surface area (Å²) in [4.78, 5) is 26.7. The number of urea groups is 1. The lowest BCUT2D eigenvalue weighted by Crippen LogP contribution is -2.47. The third-order valence-corrected chi connectivity index (χ3v) is 2.79. The highest BCUT2D eigenvalue weighted by molar-refractivity contribution is 6.02. The molecule has 0 spiro atoms. The van der Waals surface area contributed by atoms with Crippen LogP contribution in [0.2, 0.25) is 0 Å². The van der Waals surface area contributed by atoms with Gasteiger partial charge in [0.2, 0.25) is 0 Å². The Morgan fingerprint density at radius 2 is 1.87 bits per heavy atom. The molecule has 1 atom stereocenters. The summed E-state index contributed by atoms with van der Waals surface area (Å²) >= 11 is 0. The van der Waals surface area contributed by atoms with Gasteiger partial charge in [-0.25, -0.2) is 4.79 Å². The highest BCUT2D eigenvalue weighted by Gasteiger charge is 2.43. The highest BCUT2D eigenvalue weighted by atomic mass is 16.2. The quantitative estimate of drug-likeness (QED) is 0.655. The summed E-state index contributed by atoms with van der Waals surface area (Å²) in [5.74, 6) is -0.0900. The summed E-state index contributed by atoms with van der Waals surface area (Å²) in [5.41, 5.74) is -0.420. The van der Waals surface area contributed by atoms with Crippen molar-refractivity contribution in [2.24, 2.45) is 0 Å². The van der Waals surface area contributed by atoms with E-state index in [1.165, 1.54) is 4.90 Å². The van der Waals surface area contributed by atoms with Crippen molar-refractivity contribution in [3.63, 3.8) is 0 Å². The lowest BCUT2D eigenvalue weighted by molar-refractivity contribution is -0.128. The van der Waals surface area contributed by atoms with Crippen LogP contribution in [0.25, 0.3) is 0 Å². The topological polar surface area (TPSA) is 40.6 Å². The molecule has 0 saturated carbocycles. The molecule has 0 aromatic heterocycles. The number of carbonyl (C=O) groups excluding carboxylic acids is 2. The number of imide groups is 1. The van der Waals surface area contributed by atoms with Gasteiger partial charge in [0.15, 0.2) is 0 Å². The van der Waals surface area contributed by atoms with E-state index in [0.29, 0.717) is 0 Å². The Labute approximate surface area is 91.2 Å². The molecule has 0 aliphatic carbocycles. The van der Waals surface area contributed by atoms with Crippen LogP contribution in [0.5, 0.6) is 0 Å². The zero-order valence-corrected chi connectivity index (χ0v) is 10.2. The van der Waals surface area contributed by atoms with E-state index in [2.05, 4.69) is 0 Å². The molecule has 0 radical (unpaired) electrons. The van der Waals surface area contributed by atoms with Crippen LogP contribution in [0, 0.1) is 0 Å². The van der Waals surface area contributed by atoms with Crippen molar-refractivity contribution in [2.45, 2.75) is 52.6 Å². The minimum absolute atomic E-state index is 0.0900. The van der Waals surface area contributed by atoms with Crippen molar-refractivity contribution in [1.82, 2.24) is 9.80 Å². The third kappa shape index (κ3) is 2.13. The third-order valence-electron chi connectivity index (χ3n) is 2.79. The highest BCUT2D eigenvalue weighted by Crippen LogP contribution is 2.23. The van der Waals surface area contributed by atoms with E-state index in [-0.39, 0.29) is 24.5 Å². The maximum absolute atomic E-state index is 12.0. The molecular weight excluding hydrogens is 192 g/mol. The van der Waals surface area contributed by atoms with Gasteiger partial charge in [-0.2, -0.15) is 0 Å². The first kappa shape index (κ1) is 12.0. The molecule has 4 heteroatoms. The van der Waals surface area contributed by atoms with Crippen molar-refractivity contribution in [2.75, 3.05) is 6.54 Å². The molecule has 15 heavy (non-hydrogen) atoms. The lowest BCUT2D eigenvalue weighted by atomic mass is 10.1. The van der Waals surface area contributed by atoms with E-state index in [4.69, 9.17) is 0 Å². The summed E-state index contributed by atoms with van der Waals surface area (Å²) in [6.07, 6.45) is 0.872. The first-order valence-corrected chi connectivity index (χ1v) is 5.42. The van der Waals surface area contributed by atoms with E-state index in [1.54, 1.807) is 4.90 Å². The van der Waals surface area contributed by atoms with E-state index in [0.717, 1.165) is 6.42 Å². The summed E-state index contributed by atoms with van der Waals surface area (Å²) < 4.78 is 0. The number of hydrogen-bond donors (Lipinski definition) is 0. The second-order valence-corrected chi connectivity index (χ2v) is 5.07. The van der Waals surface area contributed by atoms with E-state index >= 15 is 0 Å². The molecule has 1 aliphatic rings.